The van der Waals surface area contributed by atoms with E-state index in [1.165, 1.54) is 11.3 Å². The van der Waals surface area contributed by atoms with Gasteiger partial charge in [-0.3, -0.25) is 9.59 Å². The molecule has 0 atom stereocenters. The normalized spacial score (nSPS) is 10.7. The van der Waals surface area contributed by atoms with E-state index in [0.717, 1.165) is 15.4 Å². The smallest absolute Gasteiger partial charge is 0.245 e. The second-order valence-electron chi connectivity index (χ2n) is 5.83. The molecule has 0 fully saturated rings. The summed E-state index contributed by atoms with van der Waals surface area (Å²) in [7, 11) is 0. The van der Waals surface area contributed by atoms with Crippen LogP contribution in [0.1, 0.15) is 28.8 Å². The maximum absolute atomic E-state index is 12.6. The summed E-state index contributed by atoms with van der Waals surface area (Å²) in [5, 5.41) is 5.32. The van der Waals surface area contributed by atoms with Crippen LogP contribution in [0.4, 0.5) is 5.13 Å². The van der Waals surface area contributed by atoms with E-state index >= 15 is 0 Å². The lowest BCUT2D eigenvalue weighted by atomic mass is 10.3. The molecule has 142 valence electrons. The Kier molecular flexibility index (Phi) is 8.21. The van der Waals surface area contributed by atoms with Crippen LogP contribution in [0.5, 0.6) is 0 Å². The zero-order valence-corrected chi connectivity index (χ0v) is 17.0. The molecule has 0 aromatic carbocycles. The van der Waals surface area contributed by atoms with Crippen molar-refractivity contribution in [1.82, 2.24) is 9.88 Å². The number of thiophene rings is 1. The Morgan fingerprint density at radius 3 is 2.77 bits per heavy atom. The first-order valence-corrected chi connectivity index (χ1v) is 10.3. The number of amides is 2. The molecule has 2 heterocycles. The summed E-state index contributed by atoms with van der Waals surface area (Å²) < 4.78 is 5.34. The Balaban J connectivity index is 1.94. The van der Waals surface area contributed by atoms with Crippen molar-refractivity contribution in [3.05, 3.63) is 33.0 Å². The average molecular weight is 396 g/mol. The first kappa shape index (κ1) is 20.5. The summed E-state index contributed by atoms with van der Waals surface area (Å²) >= 11 is 2.99. The third kappa shape index (κ3) is 6.51. The van der Waals surface area contributed by atoms with Crippen molar-refractivity contribution in [1.29, 1.82) is 0 Å². The van der Waals surface area contributed by atoms with Crippen LogP contribution in [0, 0.1) is 13.8 Å². The predicted molar refractivity (Wildman–Crippen MR) is 106 cm³/mol. The summed E-state index contributed by atoms with van der Waals surface area (Å²) in [6, 6.07) is 3.86. The quantitative estimate of drug-likeness (QED) is 0.627. The van der Waals surface area contributed by atoms with Crippen molar-refractivity contribution in [3.63, 3.8) is 0 Å². The molecule has 2 aromatic rings. The molecule has 6 nitrogen and oxygen atoms in total. The summed E-state index contributed by atoms with van der Waals surface area (Å²) in [5.41, 5.74) is 0.910. The highest BCUT2D eigenvalue weighted by Crippen LogP contribution is 2.21. The Labute approximate surface area is 162 Å². The Morgan fingerprint density at radius 2 is 2.15 bits per heavy atom. The van der Waals surface area contributed by atoms with Crippen molar-refractivity contribution in [2.75, 3.05) is 31.6 Å². The second kappa shape index (κ2) is 10.4. The summed E-state index contributed by atoms with van der Waals surface area (Å²) in [4.78, 5) is 33.0. The fraction of sp³-hybridized carbons (Fsp3) is 0.500. The van der Waals surface area contributed by atoms with Gasteiger partial charge in [0.1, 0.15) is 0 Å². The fourth-order valence-electron chi connectivity index (χ4n) is 2.33. The van der Waals surface area contributed by atoms with Crippen molar-refractivity contribution < 1.29 is 14.3 Å². The van der Waals surface area contributed by atoms with Gasteiger partial charge in [0.05, 0.1) is 18.7 Å². The number of rotatable bonds is 10. The van der Waals surface area contributed by atoms with Gasteiger partial charge in [0.2, 0.25) is 11.8 Å². The van der Waals surface area contributed by atoms with Crippen molar-refractivity contribution in [2.45, 2.75) is 33.6 Å². The van der Waals surface area contributed by atoms with Gasteiger partial charge in [-0.2, -0.15) is 0 Å². The molecule has 2 rings (SSSR count). The van der Waals surface area contributed by atoms with E-state index < -0.39 is 0 Å². The van der Waals surface area contributed by atoms with Crippen molar-refractivity contribution in [2.24, 2.45) is 0 Å². The molecule has 0 spiro atoms. The lowest BCUT2D eigenvalue weighted by Crippen LogP contribution is -2.39. The van der Waals surface area contributed by atoms with E-state index in [9.17, 15) is 9.59 Å². The predicted octanol–water partition coefficient (Wildman–Crippen LogP) is 3.26. The lowest BCUT2D eigenvalue weighted by molar-refractivity contribution is -0.134. The third-order valence-corrected chi connectivity index (χ3v) is 5.65. The van der Waals surface area contributed by atoms with Crippen LogP contribution in [0.15, 0.2) is 17.5 Å². The van der Waals surface area contributed by atoms with Crippen LogP contribution in [-0.4, -0.2) is 48.0 Å². The molecular formula is C18H25N3O3S2. The number of thiazole rings is 1. The number of aromatic nitrogens is 1. The first-order valence-electron chi connectivity index (χ1n) is 8.61. The van der Waals surface area contributed by atoms with E-state index in [-0.39, 0.29) is 18.4 Å². The zero-order chi connectivity index (χ0) is 18.9. The van der Waals surface area contributed by atoms with Gasteiger partial charge < -0.3 is 15.0 Å². The minimum Gasteiger partial charge on any atom is -0.382 e. The SMILES string of the molecule is CCOCCCN(CC(=O)Nc1nc(C)c(C)s1)C(=O)Cc1cccs1. The standard InChI is InChI=1S/C18H25N3O3S2/c1-4-24-9-6-8-21(17(23)11-15-7-5-10-25-15)12-16(22)20-18-19-13(2)14(3)26-18/h5,7,10H,4,6,8-9,11-12H2,1-3H3,(H,19,20,22). The molecule has 0 unspecified atom stereocenters. The van der Waals surface area contributed by atoms with Crippen LogP contribution in [0.3, 0.4) is 0 Å². The summed E-state index contributed by atoms with van der Waals surface area (Å²) in [6.45, 7) is 7.55. The molecule has 0 saturated carbocycles. The van der Waals surface area contributed by atoms with E-state index in [0.29, 0.717) is 37.7 Å². The van der Waals surface area contributed by atoms with Gasteiger partial charge in [0.15, 0.2) is 5.13 Å². The van der Waals surface area contributed by atoms with E-state index in [1.807, 2.05) is 38.3 Å². The lowest BCUT2D eigenvalue weighted by Gasteiger charge is -2.22. The van der Waals surface area contributed by atoms with Crippen molar-refractivity contribution >= 4 is 39.6 Å². The molecule has 0 saturated heterocycles. The number of nitrogens with one attached hydrogen (secondary N) is 1. The molecule has 0 aliphatic rings. The largest absolute Gasteiger partial charge is 0.382 e. The van der Waals surface area contributed by atoms with Gasteiger partial charge in [-0.15, -0.1) is 22.7 Å². The topological polar surface area (TPSA) is 71.5 Å². The van der Waals surface area contributed by atoms with Crippen LogP contribution in [0.25, 0.3) is 0 Å². The average Bonchev–Trinajstić information content (AvgIpc) is 3.20. The highest BCUT2D eigenvalue weighted by Gasteiger charge is 2.18. The summed E-state index contributed by atoms with van der Waals surface area (Å²) in [5.74, 6) is -0.278. The van der Waals surface area contributed by atoms with E-state index in [1.54, 1.807) is 16.2 Å². The van der Waals surface area contributed by atoms with Gasteiger partial charge in [-0.1, -0.05) is 6.07 Å². The number of nitrogens with zero attached hydrogens (tertiary/aromatic N) is 2. The fourth-order valence-corrected chi connectivity index (χ4v) is 3.85. The first-order chi connectivity index (χ1) is 12.5. The van der Waals surface area contributed by atoms with Gasteiger partial charge in [0.25, 0.3) is 0 Å². The van der Waals surface area contributed by atoms with Gasteiger partial charge in [-0.25, -0.2) is 4.98 Å². The zero-order valence-electron chi connectivity index (χ0n) is 15.4. The van der Waals surface area contributed by atoms with Crippen LogP contribution >= 0.6 is 22.7 Å². The number of carbonyl (C=O) groups excluding carboxylic acids is 2. The van der Waals surface area contributed by atoms with E-state index in [2.05, 4.69) is 10.3 Å². The number of hydrogen-bond donors (Lipinski definition) is 1. The number of hydrogen-bond acceptors (Lipinski definition) is 6. The maximum Gasteiger partial charge on any atom is 0.245 e. The number of ether oxygens (including phenoxy) is 1. The van der Waals surface area contributed by atoms with Crippen LogP contribution in [0.2, 0.25) is 0 Å². The van der Waals surface area contributed by atoms with Gasteiger partial charge in [0, 0.05) is 29.5 Å². The van der Waals surface area contributed by atoms with Crippen LogP contribution in [-0.2, 0) is 20.7 Å². The number of aryl methyl sites for hydroxylation is 2. The second-order valence-corrected chi connectivity index (χ2v) is 8.07. The molecule has 8 heteroatoms. The van der Waals surface area contributed by atoms with Gasteiger partial charge >= 0.3 is 0 Å². The molecule has 2 amide bonds. The molecule has 0 aliphatic heterocycles. The molecule has 0 bridgehead atoms. The molecule has 26 heavy (non-hydrogen) atoms. The summed E-state index contributed by atoms with van der Waals surface area (Å²) in [6.07, 6.45) is 1.02. The minimum atomic E-state index is -0.227. The van der Waals surface area contributed by atoms with E-state index in [4.69, 9.17) is 4.74 Å². The number of carbonyl (C=O) groups is 2. The Bertz CT molecular complexity index is 694. The monoisotopic (exact) mass is 395 g/mol. The third-order valence-electron chi connectivity index (χ3n) is 3.79. The molecular weight excluding hydrogens is 370 g/mol. The molecule has 0 radical (unpaired) electrons. The Hall–Kier alpha value is -1.77. The minimum absolute atomic E-state index is 0.0218. The molecule has 1 N–H and O–H groups in total. The highest BCUT2D eigenvalue weighted by atomic mass is 32.1. The molecule has 2 aromatic heterocycles. The van der Waals surface area contributed by atoms with Crippen LogP contribution < -0.4 is 5.32 Å². The maximum atomic E-state index is 12.6. The van der Waals surface area contributed by atoms with Gasteiger partial charge in [-0.05, 0) is 38.6 Å². The highest BCUT2D eigenvalue weighted by molar-refractivity contribution is 7.15. The number of anilines is 1. The Morgan fingerprint density at radius 1 is 1.35 bits per heavy atom. The molecule has 0 aliphatic carbocycles. The van der Waals surface area contributed by atoms with Crippen molar-refractivity contribution in [3.8, 4) is 0 Å².